The van der Waals surface area contributed by atoms with Gasteiger partial charge in [0.2, 0.25) is 5.91 Å². The first-order chi connectivity index (χ1) is 12.1. The van der Waals surface area contributed by atoms with Crippen LogP contribution in [0.15, 0.2) is 24.3 Å². The van der Waals surface area contributed by atoms with Crippen LogP contribution in [0.1, 0.15) is 35.9 Å². The lowest BCUT2D eigenvalue weighted by molar-refractivity contribution is -0.116. The number of rotatable bonds is 7. The average Bonchev–Trinajstić information content (AvgIpc) is 3.00. The van der Waals surface area contributed by atoms with Crippen molar-refractivity contribution in [1.82, 2.24) is 9.88 Å². The second kappa shape index (κ2) is 8.45. The summed E-state index contributed by atoms with van der Waals surface area (Å²) in [6.45, 7) is 7.80. The Morgan fingerprint density at radius 3 is 3.12 bits per heavy atom. The van der Waals surface area contributed by atoms with E-state index < -0.39 is 0 Å². The van der Waals surface area contributed by atoms with Gasteiger partial charge < -0.3 is 10.1 Å². The van der Waals surface area contributed by atoms with Gasteiger partial charge in [0.05, 0.1) is 12.3 Å². The SMILES string of the molecule is CCN1CCc2nc(NC(=O)CCCOc3cccc(C)c3)sc2C1. The molecule has 2 aromatic rings. The van der Waals surface area contributed by atoms with E-state index in [2.05, 4.69) is 22.1 Å². The smallest absolute Gasteiger partial charge is 0.226 e. The van der Waals surface area contributed by atoms with Crippen molar-refractivity contribution in [3.8, 4) is 5.75 Å². The lowest BCUT2D eigenvalue weighted by atomic mass is 10.2. The van der Waals surface area contributed by atoms with Crippen molar-refractivity contribution < 1.29 is 9.53 Å². The van der Waals surface area contributed by atoms with Crippen molar-refractivity contribution in [2.75, 3.05) is 25.0 Å². The summed E-state index contributed by atoms with van der Waals surface area (Å²) in [6, 6.07) is 7.95. The first-order valence-corrected chi connectivity index (χ1v) is 9.66. The monoisotopic (exact) mass is 359 g/mol. The molecule has 1 aromatic heterocycles. The lowest BCUT2D eigenvalue weighted by Crippen LogP contribution is -2.29. The number of nitrogens with one attached hydrogen (secondary N) is 1. The molecule has 1 aliphatic rings. The van der Waals surface area contributed by atoms with Gasteiger partial charge in [0.25, 0.3) is 0 Å². The summed E-state index contributed by atoms with van der Waals surface area (Å²) in [7, 11) is 0. The number of ether oxygens (including phenoxy) is 1. The maximum absolute atomic E-state index is 12.1. The Hall–Kier alpha value is -1.92. The normalized spacial score (nSPS) is 14.2. The summed E-state index contributed by atoms with van der Waals surface area (Å²) in [6.07, 6.45) is 2.10. The number of anilines is 1. The molecule has 1 N–H and O–H groups in total. The Morgan fingerprint density at radius 1 is 1.44 bits per heavy atom. The number of thiazole rings is 1. The van der Waals surface area contributed by atoms with E-state index in [-0.39, 0.29) is 5.91 Å². The van der Waals surface area contributed by atoms with E-state index in [4.69, 9.17) is 4.74 Å². The van der Waals surface area contributed by atoms with Gasteiger partial charge in [-0.15, -0.1) is 11.3 Å². The van der Waals surface area contributed by atoms with Crippen LogP contribution < -0.4 is 10.1 Å². The molecular formula is C19H25N3O2S. The molecule has 1 aliphatic heterocycles. The molecule has 0 saturated carbocycles. The number of nitrogens with zero attached hydrogens (tertiary/aromatic N) is 2. The minimum Gasteiger partial charge on any atom is -0.494 e. The van der Waals surface area contributed by atoms with Crippen LogP contribution in [-0.4, -0.2) is 35.5 Å². The Morgan fingerprint density at radius 2 is 2.32 bits per heavy atom. The van der Waals surface area contributed by atoms with Crippen molar-refractivity contribution in [3.05, 3.63) is 40.4 Å². The van der Waals surface area contributed by atoms with E-state index in [1.807, 2.05) is 31.2 Å². The zero-order valence-electron chi connectivity index (χ0n) is 14.9. The summed E-state index contributed by atoms with van der Waals surface area (Å²) in [4.78, 5) is 20.4. The van der Waals surface area contributed by atoms with Crippen LogP contribution in [-0.2, 0) is 17.8 Å². The lowest BCUT2D eigenvalue weighted by Gasteiger charge is -2.23. The maximum atomic E-state index is 12.1. The van der Waals surface area contributed by atoms with Gasteiger partial charge in [-0.2, -0.15) is 0 Å². The van der Waals surface area contributed by atoms with Crippen molar-refractivity contribution in [2.45, 2.75) is 39.7 Å². The highest BCUT2D eigenvalue weighted by molar-refractivity contribution is 7.15. The predicted octanol–water partition coefficient (Wildman–Crippen LogP) is 3.63. The molecule has 1 aromatic carbocycles. The van der Waals surface area contributed by atoms with Crippen molar-refractivity contribution in [1.29, 1.82) is 0 Å². The number of carbonyl (C=O) groups is 1. The first kappa shape index (κ1) is 17.9. The maximum Gasteiger partial charge on any atom is 0.226 e. The fourth-order valence-corrected chi connectivity index (χ4v) is 3.95. The summed E-state index contributed by atoms with van der Waals surface area (Å²) in [5, 5.41) is 3.66. The largest absolute Gasteiger partial charge is 0.494 e. The molecule has 0 unspecified atom stereocenters. The Kier molecular flexibility index (Phi) is 6.04. The molecule has 6 heteroatoms. The summed E-state index contributed by atoms with van der Waals surface area (Å²) < 4.78 is 5.68. The number of carbonyl (C=O) groups excluding carboxylic acids is 1. The topological polar surface area (TPSA) is 54.5 Å². The molecule has 25 heavy (non-hydrogen) atoms. The quantitative estimate of drug-likeness (QED) is 0.767. The molecule has 0 atom stereocenters. The molecule has 0 bridgehead atoms. The Bertz CT molecular complexity index is 729. The second-order valence-corrected chi connectivity index (χ2v) is 7.41. The molecule has 0 fully saturated rings. The van der Waals surface area contributed by atoms with Crippen LogP contribution in [0.25, 0.3) is 0 Å². The van der Waals surface area contributed by atoms with Gasteiger partial charge in [-0.1, -0.05) is 19.1 Å². The molecule has 0 saturated heterocycles. The number of benzene rings is 1. The second-order valence-electron chi connectivity index (χ2n) is 6.32. The number of amides is 1. The van der Waals surface area contributed by atoms with E-state index in [1.165, 1.54) is 10.4 Å². The molecular weight excluding hydrogens is 334 g/mol. The molecule has 1 amide bonds. The summed E-state index contributed by atoms with van der Waals surface area (Å²) in [5.74, 6) is 0.861. The van der Waals surface area contributed by atoms with Gasteiger partial charge in [0.15, 0.2) is 5.13 Å². The van der Waals surface area contributed by atoms with Gasteiger partial charge in [0.1, 0.15) is 5.75 Å². The Balaban J connectivity index is 1.42. The number of fused-ring (bicyclic) bond motifs is 1. The van der Waals surface area contributed by atoms with Gasteiger partial charge in [0, 0.05) is 30.8 Å². The third-order valence-corrected chi connectivity index (χ3v) is 5.31. The average molecular weight is 359 g/mol. The van der Waals surface area contributed by atoms with Crippen molar-refractivity contribution >= 4 is 22.4 Å². The standard InChI is InChI=1S/C19H25N3O2S/c1-3-22-10-9-16-17(13-22)25-19(20-16)21-18(23)8-5-11-24-15-7-4-6-14(2)12-15/h4,6-7,12H,3,5,8-11,13H2,1-2H3,(H,20,21,23). The zero-order chi connectivity index (χ0) is 17.6. The highest BCUT2D eigenvalue weighted by Gasteiger charge is 2.20. The predicted molar refractivity (Wildman–Crippen MR) is 101 cm³/mol. The highest BCUT2D eigenvalue weighted by Crippen LogP contribution is 2.28. The van der Waals surface area contributed by atoms with Crippen LogP contribution in [0.3, 0.4) is 0 Å². The number of aromatic nitrogens is 1. The Labute approximate surface area is 153 Å². The van der Waals surface area contributed by atoms with E-state index in [0.717, 1.165) is 42.6 Å². The third kappa shape index (κ3) is 5.03. The van der Waals surface area contributed by atoms with E-state index in [9.17, 15) is 4.79 Å². The number of hydrogen-bond acceptors (Lipinski definition) is 5. The molecule has 2 heterocycles. The first-order valence-electron chi connectivity index (χ1n) is 8.84. The minimum absolute atomic E-state index is 0.00582. The molecule has 0 aliphatic carbocycles. The molecule has 5 nitrogen and oxygen atoms in total. The fourth-order valence-electron chi connectivity index (χ4n) is 2.88. The third-order valence-electron chi connectivity index (χ3n) is 4.31. The number of likely N-dealkylation sites (N-methyl/N-ethyl adjacent to an activating group) is 1. The van der Waals surface area contributed by atoms with Crippen LogP contribution >= 0.6 is 11.3 Å². The number of hydrogen-bond donors (Lipinski definition) is 1. The van der Waals surface area contributed by atoms with Crippen LogP contribution in [0.5, 0.6) is 5.75 Å². The van der Waals surface area contributed by atoms with Crippen LogP contribution in [0.2, 0.25) is 0 Å². The minimum atomic E-state index is 0.00582. The van der Waals surface area contributed by atoms with Crippen LogP contribution in [0.4, 0.5) is 5.13 Å². The highest BCUT2D eigenvalue weighted by atomic mass is 32.1. The van der Waals surface area contributed by atoms with Gasteiger partial charge in [-0.25, -0.2) is 4.98 Å². The fraction of sp³-hybridized carbons (Fsp3) is 0.474. The van der Waals surface area contributed by atoms with Gasteiger partial charge in [-0.3, -0.25) is 9.69 Å². The summed E-state index contributed by atoms with van der Waals surface area (Å²) >= 11 is 1.60. The van der Waals surface area contributed by atoms with Crippen LogP contribution in [0, 0.1) is 6.92 Å². The number of aryl methyl sites for hydroxylation is 1. The van der Waals surface area contributed by atoms with Gasteiger partial charge >= 0.3 is 0 Å². The van der Waals surface area contributed by atoms with E-state index in [0.29, 0.717) is 19.4 Å². The zero-order valence-corrected chi connectivity index (χ0v) is 15.7. The van der Waals surface area contributed by atoms with E-state index in [1.54, 1.807) is 11.3 Å². The van der Waals surface area contributed by atoms with Gasteiger partial charge in [-0.05, 0) is 37.6 Å². The van der Waals surface area contributed by atoms with Crippen molar-refractivity contribution in [3.63, 3.8) is 0 Å². The molecule has 3 rings (SSSR count). The van der Waals surface area contributed by atoms with Crippen molar-refractivity contribution in [2.24, 2.45) is 0 Å². The molecule has 0 spiro atoms. The molecule has 134 valence electrons. The molecule has 0 radical (unpaired) electrons. The van der Waals surface area contributed by atoms with E-state index >= 15 is 0 Å². The summed E-state index contributed by atoms with van der Waals surface area (Å²) in [5.41, 5.74) is 2.32.